The number of nitrogens with one attached hydrogen (secondary N) is 1. The Bertz CT molecular complexity index is 721. The third-order valence-corrected chi connectivity index (χ3v) is 3.77. The molecule has 0 aliphatic heterocycles. The molecule has 0 aliphatic rings. The second-order valence-corrected chi connectivity index (χ2v) is 6.27. The van der Waals surface area contributed by atoms with Crippen LogP contribution in [0.1, 0.15) is 42.3 Å². The van der Waals surface area contributed by atoms with Crippen molar-refractivity contribution >= 4 is 17.5 Å². The van der Waals surface area contributed by atoms with Gasteiger partial charge in [0.25, 0.3) is 5.91 Å². The lowest BCUT2D eigenvalue weighted by Crippen LogP contribution is -2.36. The standard InChI is InChI=1S/C20H24N2O2/c1-14(2)22(13-17-7-5-6-15(3)12-17)20(24)18-8-10-19(11-9-18)21-16(4)23/h5-12,14H,13H2,1-4H3,(H,21,23). The lowest BCUT2D eigenvalue weighted by molar-refractivity contribution is -0.114. The Hall–Kier alpha value is -2.62. The summed E-state index contributed by atoms with van der Waals surface area (Å²) in [6, 6.07) is 15.3. The molecule has 0 bridgehead atoms. The Labute approximate surface area is 143 Å². The van der Waals surface area contributed by atoms with Gasteiger partial charge in [0.1, 0.15) is 0 Å². The van der Waals surface area contributed by atoms with Crippen molar-refractivity contribution in [2.24, 2.45) is 0 Å². The molecule has 4 heteroatoms. The first-order valence-electron chi connectivity index (χ1n) is 8.11. The Kier molecular flexibility index (Phi) is 5.74. The molecule has 0 spiro atoms. The lowest BCUT2D eigenvalue weighted by Gasteiger charge is -2.27. The van der Waals surface area contributed by atoms with Crippen molar-refractivity contribution in [2.75, 3.05) is 5.32 Å². The predicted molar refractivity (Wildman–Crippen MR) is 96.9 cm³/mol. The van der Waals surface area contributed by atoms with E-state index in [2.05, 4.69) is 11.4 Å². The molecule has 2 rings (SSSR count). The first kappa shape index (κ1) is 17.7. The molecule has 126 valence electrons. The van der Waals surface area contributed by atoms with E-state index in [1.54, 1.807) is 24.3 Å². The van der Waals surface area contributed by atoms with Gasteiger partial charge < -0.3 is 10.2 Å². The van der Waals surface area contributed by atoms with Crippen LogP contribution in [0.25, 0.3) is 0 Å². The van der Waals surface area contributed by atoms with Gasteiger partial charge in [-0.05, 0) is 50.6 Å². The number of nitrogens with zero attached hydrogens (tertiary/aromatic N) is 1. The van der Waals surface area contributed by atoms with Gasteiger partial charge in [0.15, 0.2) is 0 Å². The molecular formula is C20H24N2O2. The maximum Gasteiger partial charge on any atom is 0.254 e. The molecule has 0 saturated carbocycles. The number of benzene rings is 2. The van der Waals surface area contributed by atoms with Gasteiger partial charge in [-0.3, -0.25) is 9.59 Å². The summed E-state index contributed by atoms with van der Waals surface area (Å²) in [6.45, 7) is 8.11. The minimum absolute atomic E-state index is 0.0131. The number of amides is 2. The molecule has 24 heavy (non-hydrogen) atoms. The zero-order valence-electron chi connectivity index (χ0n) is 14.7. The Balaban J connectivity index is 2.18. The summed E-state index contributed by atoms with van der Waals surface area (Å²) in [6.07, 6.45) is 0. The summed E-state index contributed by atoms with van der Waals surface area (Å²) >= 11 is 0. The molecule has 4 nitrogen and oxygen atoms in total. The van der Waals surface area contributed by atoms with Gasteiger partial charge in [0.05, 0.1) is 0 Å². The van der Waals surface area contributed by atoms with E-state index >= 15 is 0 Å². The summed E-state index contributed by atoms with van der Waals surface area (Å²) in [5.74, 6) is -0.141. The summed E-state index contributed by atoms with van der Waals surface area (Å²) in [7, 11) is 0. The highest BCUT2D eigenvalue weighted by Gasteiger charge is 2.19. The van der Waals surface area contributed by atoms with Gasteiger partial charge >= 0.3 is 0 Å². The highest BCUT2D eigenvalue weighted by atomic mass is 16.2. The van der Waals surface area contributed by atoms with E-state index in [0.717, 1.165) is 5.56 Å². The first-order chi connectivity index (χ1) is 11.4. The van der Waals surface area contributed by atoms with E-state index in [1.165, 1.54) is 12.5 Å². The van der Waals surface area contributed by atoms with E-state index < -0.39 is 0 Å². The molecule has 2 aromatic rings. The Morgan fingerprint density at radius 1 is 1.08 bits per heavy atom. The number of hydrogen-bond donors (Lipinski definition) is 1. The maximum absolute atomic E-state index is 12.8. The zero-order valence-corrected chi connectivity index (χ0v) is 14.7. The van der Waals surface area contributed by atoms with Gasteiger partial charge in [0, 0.05) is 30.8 Å². The van der Waals surface area contributed by atoms with E-state index in [9.17, 15) is 9.59 Å². The minimum Gasteiger partial charge on any atom is -0.332 e. The number of rotatable bonds is 5. The highest BCUT2D eigenvalue weighted by Crippen LogP contribution is 2.16. The molecule has 0 radical (unpaired) electrons. The molecule has 0 unspecified atom stereocenters. The Morgan fingerprint density at radius 3 is 2.29 bits per heavy atom. The van der Waals surface area contributed by atoms with Crippen LogP contribution in [0.15, 0.2) is 48.5 Å². The fraction of sp³-hybridized carbons (Fsp3) is 0.300. The second kappa shape index (κ2) is 7.77. The van der Waals surface area contributed by atoms with E-state index in [-0.39, 0.29) is 17.9 Å². The van der Waals surface area contributed by atoms with Crippen LogP contribution in [0, 0.1) is 6.92 Å². The van der Waals surface area contributed by atoms with Crippen molar-refractivity contribution < 1.29 is 9.59 Å². The fourth-order valence-corrected chi connectivity index (χ4v) is 2.56. The molecular weight excluding hydrogens is 300 g/mol. The molecule has 0 fully saturated rings. The lowest BCUT2D eigenvalue weighted by atomic mass is 10.1. The van der Waals surface area contributed by atoms with Gasteiger partial charge in [-0.2, -0.15) is 0 Å². The summed E-state index contributed by atoms with van der Waals surface area (Å²) < 4.78 is 0. The van der Waals surface area contributed by atoms with Crippen molar-refractivity contribution in [3.05, 3.63) is 65.2 Å². The molecule has 0 aliphatic carbocycles. The van der Waals surface area contributed by atoms with Crippen LogP contribution >= 0.6 is 0 Å². The minimum atomic E-state index is -0.127. The van der Waals surface area contributed by atoms with Crippen LogP contribution in [0.3, 0.4) is 0 Å². The zero-order chi connectivity index (χ0) is 17.7. The second-order valence-electron chi connectivity index (χ2n) is 6.27. The van der Waals surface area contributed by atoms with Crippen molar-refractivity contribution in [1.82, 2.24) is 4.90 Å². The van der Waals surface area contributed by atoms with Gasteiger partial charge in [-0.25, -0.2) is 0 Å². The third-order valence-electron chi connectivity index (χ3n) is 3.77. The quantitative estimate of drug-likeness (QED) is 0.903. The summed E-state index contributed by atoms with van der Waals surface area (Å²) in [5, 5.41) is 2.71. The number of carbonyl (C=O) groups excluding carboxylic acids is 2. The third kappa shape index (κ3) is 4.69. The average molecular weight is 324 g/mol. The van der Waals surface area contributed by atoms with Crippen LogP contribution in [0.4, 0.5) is 5.69 Å². The van der Waals surface area contributed by atoms with Crippen molar-refractivity contribution in [1.29, 1.82) is 0 Å². The number of aryl methyl sites for hydroxylation is 1. The van der Waals surface area contributed by atoms with Crippen LogP contribution in [-0.2, 0) is 11.3 Å². The van der Waals surface area contributed by atoms with Crippen LogP contribution in [-0.4, -0.2) is 22.8 Å². The maximum atomic E-state index is 12.8. The largest absolute Gasteiger partial charge is 0.332 e. The van der Waals surface area contributed by atoms with Crippen LogP contribution in [0.2, 0.25) is 0 Å². The molecule has 2 amide bonds. The molecule has 1 N–H and O–H groups in total. The van der Waals surface area contributed by atoms with E-state index in [4.69, 9.17) is 0 Å². The van der Waals surface area contributed by atoms with Crippen molar-refractivity contribution in [2.45, 2.75) is 40.3 Å². The normalized spacial score (nSPS) is 10.5. The monoisotopic (exact) mass is 324 g/mol. The number of anilines is 1. The first-order valence-corrected chi connectivity index (χ1v) is 8.11. The highest BCUT2D eigenvalue weighted by molar-refractivity contribution is 5.95. The van der Waals surface area contributed by atoms with E-state index in [0.29, 0.717) is 17.8 Å². The van der Waals surface area contributed by atoms with Crippen molar-refractivity contribution in [3.8, 4) is 0 Å². The predicted octanol–water partition coefficient (Wildman–Crippen LogP) is 4.00. The fourth-order valence-electron chi connectivity index (χ4n) is 2.56. The topological polar surface area (TPSA) is 49.4 Å². The molecule has 0 aromatic heterocycles. The van der Waals surface area contributed by atoms with E-state index in [1.807, 2.05) is 43.9 Å². The van der Waals surface area contributed by atoms with Gasteiger partial charge in [0.2, 0.25) is 5.91 Å². The SMILES string of the molecule is CC(=O)Nc1ccc(C(=O)N(Cc2cccc(C)c2)C(C)C)cc1. The van der Waals surface area contributed by atoms with Crippen molar-refractivity contribution in [3.63, 3.8) is 0 Å². The molecule has 0 atom stereocenters. The molecule has 0 heterocycles. The van der Waals surface area contributed by atoms with Crippen LogP contribution in [0.5, 0.6) is 0 Å². The average Bonchev–Trinajstić information content (AvgIpc) is 2.52. The molecule has 2 aromatic carbocycles. The number of carbonyl (C=O) groups is 2. The summed E-state index contributed by atoms with van der Waals surface area (Å²) in [5.41, 5.74) is 3.61. The smallest absolute Gasteiger partial charge is 0.254 e. The molecule has 0 saturated heterocycles. The number of hydrogen-bond acceptors (Lipinski definition) is 2. The van der Waals surface area contributed by atoms with Crippen LogP contribution < -0.4 is 5.32 Å². The summed E-state index contributed by atoms with van der Waals surface area (Å²) in [4.78, 5) is 25.8. The Morgan fingerprint density at radius 2 is 1.75 bits per heavy atom. The van der Waals surface area contributed by atoms with Gasteiger partial charge in [-0.15, -0.1) is 0 Å². The van der Waals surface area contributed by atoms with Gasteiger partial charge in [-0.1, -0.05) is 29.8 Å².